The van der Waals surface area contributed by atoms with Crippen LogP contribution in [-0.2, 0) is 12.7 Å². The molecule has 0 amide bonds. The van der Waals surface area contributed by atoms with Crippen LogP contribution in [0.2, 0.25) is 0 Å². The van der Waals surface area contributed by atoms with Crippen LogP contribution in [0, 0.1) is 11.2 Å². The van der Waals surface area contributed by atoms with E-state index in [0.29, 0.717) is 18.7 Å². The standard InChI is InChI=1S/C15H20F4N2/c1-14(2)9-21(6-5-13(14)20)8-10-3-4-12(16)11(7-10)15(17,18)19/h3-4,7,13H,5-6,8-9,20H2,1-2H3. The zero-order valence-corrected chi connectivity index (χ0v) is 12.2. The maximum atomic E-state index is 13.3. The van der Waals surface area contributed by atoms with Gasteiger partial charge in [0.2, 0.25) is 0 Å². The molecule has 1 unspecified atom stereocenters. The molecular formula is C15H20F4N2. The number of alkyl halides is 3. The molecule has 6 heteroatoms. The third-order valence-corrected chi connectivity index (χ3v) is 4.13. The zero-order chi connectivity index (χ0) is 15.8. The fraction of sp³-hybridized carbons (Fsp3) is 0.600. The van der Waals surface area contributed by atoms with Gasteiger partial charge in [0.1, 0.15) is 5.82 Å². The van der Waals surface area contributed by atoms with Crippen molar-refractivity contribution < 1.29 is 17.6 Å². The minimum atomic E-state index is -4.66. The fourth-order valence-electron chi connectivity index (χ4n) is 2.77. The Bertz CT molecular complexity index is 511. The third-order valence-electron chi connectivity index (χ3n) is 4.13. The van der Waals surface area contributed by atoms with Gasteiger partial charge in [0.15, 0.2) is 0 Å². The smallest absolute Gasteiger partial charge is 0.327 e. The van der Waals surface area contributed by atoms with E-state index in [2.05, 4.69) is 18.7 Å². The number of halogens is 4. The number of benzene rings is 1. The first-order chi connectivity index (χ1) is 9.59. The van der Waals surface area contributed by atoms with Crippen LogP contribution in [0.4, 0.5) is 17.6 Å². The van der Waals surface area contributed by atoms with Crippen molar-refractivity contribution in [2.24, 2.45) is 11.1 Å². The Hall–Kier alpha value is -1.14. The van der Waals surface area contributed by atoms with Crippen molar-refractivity contribution in [1.82, 2.24) is 4.90 Å². The lowest BCUT2D eigenvalue weighted by molar-refractivity contribution is -0.140. The molecule has 1 aromatic rings. The van der Waals surface area contributed by atoms with Crippen LogP contribution in [0.1, 0.15) is 31.4 Å². The maximum absolute atomic E-state index is 13.3. The molecule has 0 spiro atoms. The Morgan fingerprint density at radius 2 is 2.00 bits per heavy atom. The Morgan fingerprint density at radius 1 is 1.33 bits per heavy atom. The van der Waals surface area contributed by atoms with Gasteiger partial charge in [-0.15, -0.1) is 0 Å². The topological polar surface area (TPSA) is 29.3 Å². The van der Waals surface area contributed by atoms with Gasteiger partial charge in [-0.1, -0.05) is 19.9 Å². The molecule has 2 nitrogen and oxygen atoms in total. The Kier molecular flexibility index (Phi) is 4.31. The van der Waals surface area contributed by atoms with E-state index in [1.807, 2.05) is 0 Å². The van der Waals surface area contributed by atoms with E-state index in [-0.39, 0.29) is 11.5 Å². The number of hydrogen-bond donors (Lipinski definition) is 1. The minimum Gasteiger partial charge on any atom is -0.327 e. The van der Waals surface area contributed by atoms with E-state index in [4.69, 9.17) is 5.73 Å². The summed E-state index contributed by atoms with van der Waals surface area (Å²) in [7, 11) is 0. The average Bonchev–Trinajstić information content (AvgIpc) is 2.34. The predicted octanol–water partition coefficient (Wildman–Crippen LogP) is 3.40. The second-order valence-electron chi connectivity index (χ2n) is 6.41. The largest absolute Gasteiger partial charge is 0.419 e. The van der Waals surface area contributed by atoms with Crippen molar-refractivity contribution in [3.05, 3.63) is 35.1 Å². The Labute approximate surface area is 121 Å². The van der Waals surface area contributed by atoms with Gasteiger partial charge in [0.25, 0.3) is 0 Å². The van der Waals surface area contributed by atoms with Gasteiger partial charge in [-0.05, 0) is 29.5 Å². The molecule has 0 aromatic heterocycles. The van der Waals surface area contributed by atoms with Crippen molar-refractivity contribution in [3.63, 3.8) is 0 Å². The second kappa shape index (κ2) is 5.57. The van der Waals surface area contributed by atoms with Gasteiger partial charge < -0.3 is 5.73 Å². The molecule has 1 aromatic carbocycles. The summed E-state index contributed by atoms with van der Waals surface area (Å²) in [6.07, 6.45) is -3.86. The molecular weight excluding hydrogens is 284 g/mol. The van der Waals surface area contributed by atoms with Crippen molar-refractivity contribution in [2.75, 3.05) is 13.1 Å². The van der Waals surface area contributed by atoms with E-state index in [0.717, 1.165) is 25.1 Å². The van der Waals surface area contributed by atoms with Gasteiger partial charge in [0.05, 0.1) is 5.56 Å². The molecule has 1 fully saturated rings. The van der Waals surface area contributed by atoms with Crippen LogP contribution in [0.15, 0.2) is 18.2 Å². The highest BCUT2D eigenvalue weighted by molar-refractivity contribution is 5.27. The highest BCUT2D eigenvalue weighted by atomic mass is 19.4. The van der Waals surface area contributed by atoms with Gasteiger partial charge in [0, 0.05) is 25.7 Å². The molecule has 1 heterocycles. The molecule has 21 heavy (non-hydrogen) atoms. The van der Waals surface area contributed by atoms with Crippen LogP contribution in [-0.4, -0.2) is 24.0 Å². The zero-order valence-electron chi connectivity index (χ0n) is 12.2. The molecule has 1 aliphatic rings. The molecule has 0 radical (unpaired) electrons. The predicted molar refractivity (Wildman–Crippen MR) is 73.1 cm³/mol. The third kappa shape index (κ3) is 3.74. The van der Waals surface area contributed by atoms with Gasteiger partial charge in [-0.25, -0.2) is 4.39 Å². The number of hydrogen-bond acceptors (Lipinski definition) is 2. The SMILES string of the molecule is CC1(C)CN(Cc2ccc(F)c(C(F)(F)F)c2)CCC1N. The van der Waals surface area contributed by atoms with E-state index in [1.165, 1.54) is 6.07 Å². The van der Waals surface area contributed by atoms with E-state index in [9.17, 15) is 17.6 Å². The van der Waals surface area contributed by atoms with Crippen LogP contribution >= 0.6 is 0 Å². The quantitative estimate of drug-likeness (QED) is 0.849. The summed E-state index contributed by atoms with van der Waals surface area (Å²) >= 11 is 0. The van der Waals surface area contributed by atoms with Crippen molar-refractivity contribution in [2.45, 2.75) is 39.0 Å². The highest BCUT2D eigenvalue weighted by Gasteiger charge is 2.35. The van der Waals surface area contributed by atoms with E-state index < -0.39 is 17.6 Å². The Balaban J connectivity index is 2.14. The number of rotatable bonds is 2. The van der Waals surface area contributed by atoms with Gasteiger partial charge in [-0.2, -0.15) is 13.2 Å². The summed E-state index contributed by atoms with van der Waals surface area (Å²) in [6, 6.07) is 3.29. The van der Waals surface area contributed by atoms with Crippen molar-refractivity contribution >= 4 is 0 Å². The second-order valence-corrected chi connectivity index (χ2v) is 6.41. The van der Waals surface area contributed by atoms with Gasteiger partial charge >= 0.3 is 6.18 Å². The fourth-order valence-corrected chi connectivity index (χ4v) is 2.77. The molecule has 118 valence electrons. The van der Waals surface area contributed by atoms with Crippen LogP contribution in [0.25, 0.3) is 0 Å². The number of piperidine rings is 1. The summed E-state index contributed by atoms with van der Waals surface area (Å²) in [4.78, 5) is 2.07. The molecule has 2 N–H and O–H groups in total. The van der Waals surface area contributed by atoms with Crippen molar-refractivity contribution in [1.29, 1.82) is 0 Å². The summed E-state index contributed by atoms with van der Waals surface area (Å²) in [5.74, 6) is -1.23. The monoisotopic (exact) mass is 304 g/mol. The molecule has 2 rings (SSSR count). The molecule has 0 bridgehead atoms. The first-order valence-corrected chi connectivity index (χ1v) is 6.93. The first-order valence-electron chi connectivity index (χ1n) is 6.93. The summed E-state index contributed by atoms with van der Waals surface area (Å²) in [5.41, 5.74) is 5.23. The van der Waals surface area contributed by atoms with Crippen LogP contribution in [0.3, 0.4) is 0 Å². The molecule has 1 saturated heterocycles. The van der Waals surface area contributed by atoms with Crippen LogP contribution < -0.4 is 5.73 Å². The molecule has 1 aliphatic heterocycles. The number of nitrogens with two attached hydrogens (primary N) is 1. The lowest BCUT2D eigenvalue weighted by Crippen LogP contribution is -2.52. The highest BCUT2D eigenvalue weighted by Crippen LogP contribution is 2.33. The normalized spacial score (nSPS) is 23.3. The van der Waals surface area contributed by atoms with Crippen LogP contribution in [0.5, 0.6) is 0 Å². The lowest BCUT2D eigenvalue weighted by Gasteiger charge is -2.42. The molecule has 0 saturated carbocycles. The summed E-state index contributed by atoms with van der Waals surface area (Å²) < 4.78 is 51.4. The first kappa shape index (κ1) is 16.2. The maximum Gasteiger partial charge on any atom is 0.419 e. The van der Waals surface area contributed by atoms with E-state index >= 15 is 0 Å². The van der Waals surface area contributed by atoms with Gasteiger partial charge in [-0.3, -0.25) is 4.90 Å². The molecule has 0 aliphatic carbocycles. The molecule has 1 atom stereocenters. The van der Waals surface area contributed by atoms with E-state index in [1.54, 1.807) is 0 Å². The number of likely N-dealkylation sites (tertiary alicyclic amines) is 1. The van der Waals surface area contributed by atoms with Crippen molar-refractivity contribution in [3.8, 4) is 0 Å². The summed E-state index contributed by atoms with van der Waals surface area (Å²) in [6.45, 7) is 5.93. The minimum absolute atomic E-state index is 0.0782. The number of nitrogens with zero attached hydrogens (tertiary/aromatic N) is 1. The average molecular weight is 304 g/mol. The summed E-state index contributed by atoms with van der Waals surface area (Å²) in [5, 5.41) is 0. The lowest BCUT2D eigenvalue weighted by atomic mass is 9.79. The Morgan fingerprint density at radius 3 is 2.57 bits per heavy atom.